The Morgan fingerprint density at radius 3 is 2.81 bits per heavy atom. The third-order valence-electron chi connectivity index (χ3n) is 4.90. The molecule has 26 heavy (non-hydrogen) atoms. The van der Waals surface area contributed by atoms with Crippen LogP contribution in [0.3, 0.4) is 0 Å². The van der Waals surface area contributed by atoms with Gasteiger partial charge in [-0.2, -0.15) is 0 Å². The minimum absolute atomic E-state index is 0.0720. The summed E-state index contributed by atoms with van der Waals surface area (Å²) in [5, 5.41) is 0. The lowest BCUT2D eigenvalue weighted by atomic mass is 9.99. The lowest BCUT2D eigenvalue weighted by Crippen LogP contribution is -2.28. The smallest absolute Gasteiger partial charge is 0.340 e. The maximum atomic E-state index is 12.9. The number of aromatic amines is 1. The predicted octanol–water partition coefficient (Wildman–Crippen LogP) is 2.98. The Kier molecular flexibility index (Phi) is 4.16. The molecular weight excluding hydrogens is 330 g/mol. The summed E-state index contributed by atoms with van der Waals surface area (Å²) in [5.74, 6) is -0.172. The van der Waals surface area contributed by atoms with Crippen molar-refractivity contribution in [1.82, 2.24) is 14.9 Å². The molecule has 0 radical (unpaired) electrons. The molecule has 0 saturated carbocycles. The fourth-order valence-corrected chi connectivity index (χ4v) is 3.53. The zero-order chi connectivity index (χ0) is 18.1. The Bertz CT molecular complexity index is 965. The first-order valence-corrected chi connectivity index (χ1v) is 8.57. The van der Waals surface area contributed by atoms with Gasteiger partial charge in [0.2, 0.25) is 0 Å². The monoisotopic (exact) mass is 349 g/mol. The van der Waals surface area contributed by atoms with Crippen LogP contribution in [0.4, 0.5) is 0 Å². The minimum Gasteiger partial charge on any atom is -0.465 e. The lowest BCUT2D eigenvalue weighted by Gasteiger charge is -2.15. The lowest BCUT2D eigenvalue weighted by molar-refractivity contribution is 0.0602. The number of ether oxygens (including phenoxy) is 1. The molecule has 6 heteroatoms. The van der Waals surface area contributed by atoms with Crippen LogP contribution in [-0.4, -0.2) is 46.9 Å². The van der Waals surface area contributed by atoms with Gasteiger partial charge < -0.3 is 14.6 Å². The Morgan fingerprint density at radius 1 is 1.23 bits per heavy atom. The van der Waals surface area contributed by atoms with Crippen molar-refractivity contribution in [1.29, 1.82) is 0 Å². The second-order valence-electron chi connectivity index (χ2n) is 6.44. The Morgan fingerprint density at radius 2 is 2.04 bits per heavy atom. The van der Waals surface area contributed by atoms with Gasteiger partial charge in [-0.25, -0.2) is 4.79 Å². The predicted molar refractivity (Wildman–Crippen MR) is 97.1 cm³/mol. The third-order valence-corrected chi connectivity index (χ3v) is 4.90. The normalized spacial score (nSPS) is 16.8. The number of likely N-dealkylation sites (tertiary alicyclic amines) is 1. The maximum Gasteiger partial charge on any atom is 0.340 e. The van der Waals surface area contributed by atoms with Crippen LogP contribution in [-0.2, 0) is 4.74 Å². The number of carbonyl (C=O) groups is 2. The highest BCUT2D eigenvalue weighted by atomic mass is 16.5. The highest BCUT2D eigenvalue weighted by molar-refractivity contribution is 6.05. The second-order valence-corrected chi connectivity index (χ2v) is 6.44. The molecule has 1 atom stereocenters. The van der Waals surface area contributed by atoms with Crippen molar-refractivity contribution >= 4 is 22.9 Å². The van der Waals surface area contributed by atoms with Crippen molar-refractivity contribution in [2.24, 2.45) is 0 Å². The fourth-order valence-electron chi connectivity index (χ4n) is 3.53. The van der Waals surface area contributed by atoms with E-state index in [9.17, 15) is 9.59 Å². The number of benzene rings is 1. The molecule has 0 aliphatic carbocycles. The van der Waals surface area contributed by atoms with Crippen LogP contribution in [0.2, 0.25) is 0 Å². The van der Waals surface area contributed by atoms with Crippen molar-refractivity contribution < 1.29 is 14.3 Å². The van der Waals surface area contributed by atoms with E-state index in [2.05, 4.69) is 22.1 Å². The van der Waals surface area contributed by atoms with E-state index in [4.69, 9.17) is 4.74 Å². The molecule has 3 aromatic rings. The molecule has 2 aromatic heterocycles. The summed E-state index contributed by atoms with van der Waals surface area (Å²) < 4.78 is 4.79. The molecule has 1 aromatic carbocycles. The molecule has 1 aliphatic rings. The second kappa shape index (κ2) is 6.63. The van der Waals surface area contributed by atoms with Gasteiger partial charge in [-0.15, -0.1) is 0 Å². The van der Waals surface area contributed by atoms with Crippen LogP contribution >= 0.6 is 0 Å². The first kappa shape index (κ1) is 16.3. The van der Waals surface area contributed by atoms with Crippen LogP contribution in [0.15, 0.2) is 48.7 Å². The van der Waals surface area contributed by atoms with Crippen molar-refractivity contribution in [2.75, 3.05) is 20.2 Å². The van der Waals surface area contributed by atoms with Gasteiger partial charge in [-0.05, 0) is 24.1 Å². The number of H-pyrrole nitrogens is 1. The molecule has 1 unspecified atom stereocenters. The summed E-state index contributed by atoms with van der Waals surface area (Å²) in [6.07, 6.45) is 2.49. The van der Waals surface area contributed by atoms with Gasteiger partial charge >= 0.3 is 5.97 Å². The molecule has 6 nitrogen and oxygen atoms in total. The fraction of sp³-hybridized carbons (Fsp3) is 0.250. The molecule has 0 spiro atoms. The van der Waals surface area contributed by atoms with Gasteiger partial charge in [0.15, 0.2) is 0 Å². The number of nitrogens with zero attached hydrogens (tertiary/aromatic N) is 2. The summed E-state index contributed by atoms with van der Waals surface area (Å²) in [6.45, 7) is 1.40. The number of fused-ring (bicyclic) bond motifs is 1. The topological polar surface area (TPSA) is 75.3 Å². The number of aromatic nitrogens is 2. The summed E-state index contributed by atoms with van der Waals surface area (Å²) in [6, 6.07) is 13.5. The van der Waals surface area contributed by atoms with Crippen molar-refractivity contribution in [3.63, 3.8) is 0 Å². The first-order valence-electron chi connectivity index (χ1n) is 8.57. The van der Waals surface area contributed by atoms with Crippen molar-refractivity contribution in [3.05, 3.63) is 65.5 Å². The average molecular weight is 349 g/mol. The molecule has 1 N–H and O–H groups in total. The van der Waals surface area contributed by atoms with E-state index in [-0.39, 0.29) is 5.91 Å². The van der Waals surface area contributed by atoms with Crippen LogP contribution in [0.1, 0.15) is 38.7 Å². The molecule has 4 rings (SSSR count). The van der Waals surface area contributed by atoms with Crippen LogP contribution in [0.25, 0.3) is 11.0 Å². The molecule has 3 heterocycles. The van der Waals surface area contributed by atoms with Crippen LogP contribution < -0.4 is 0 Å². The maximum absolute atomic E-state index is 12.9. The number of pyridine rings is 1. The zero-order valence-corrected chi connectivity index (χ0v) is 14.4. The highest BCUT2D eigenvalue weighted by Gasteiger charge is 2.29. The average Bonchev–Trinajstić information content (AvgIpc) is 3.34. The quantitative estimate of drug-likeness (QED) is 0.738. The van der Waals surface area contributed by atoms with Crippen LogP contribution in [0.5, 0.6) is 0 Å². The van der Waals surface area contributed by atoms with Gasteiger partial charge in [0.1, 0.15) is 5.69 Å². The molecule has 0 bridgehead atoms. The number of rotatable bonds is 3. The van der Waals surface area contributed by atoms with Crippen LogP contribution in [0, 0.1) is 0 Å². The largest absolute Gasteiger partial charge is 0.465 e. The van der Waals surface area contributed by atoms with Gasteiger partial charge in [-0.3, -0.25) is 9.78 Å². The summed E-state index contributed by atoms with van der Waals surface area (Å²) in [4.78, 5) is 33.9. The standard InChI is InChI=1S/C20H19N3O3/c1-26-20(25)15-7-9-21-16-11-17(22-18(15)16)19(24)23-10-8-14(12-23)13-5-3-2-4-6-13/h2-7,9,11,14,22H,8,10,12H2,1H3. The van der Waals surface area contributed by atoms with E-state index in [1.54, 1.807) is 12.1 Å². The summed E-state index contributed by atoms with van der Waals surface area (Å²) in [5.41, 5.74) is 3.18. The molecule has 1 saturated heterocycles. The van der Waals surface area contributed by atoms with E-state index in [0.29, 0.717) is 41.3 Å². The number of hydrogen-bond acceptors (Lipinski definition) is 4. The van der Waals surface area contributed by atoms with E-state index >= 15 is 0 Å². The number of methoxy groups -OCH3 is 1. The summed E-state index contributed by atoms with van der Waals surface area (Å²) in [7, 11) is 1.33. The molecule has 132 valence electrons. The SMILES string of the molecule is COC(=O)c1ccnc2cc(C(=O)N3CCC(c4ccccc4)C3)[nH]c12. The number of nitrogens with one attached hydrogen (secondary N) is 1. The first-order chi connectivity index (χ1) is 12.7. The van der Waals surface area contributed by atoms with E-state index < -0.39 is 5.97 Å². The zero-order valence-electron chi connectivity index (χ0n) is 14.4. The van der Waals surface area contributed by atoms with Gasteiger partial charge in [0.25, 0.3) is 5.91 Å². The number of carbonyl (C=O) groups excluding carboxylic acids is 2. The van der Waals surface area contributed by atoms with Crippen molar-refractivity contribution in [2.45, 2.75) is 12.3 Å². The number of esters is 1. The Balaban J connectivity index is 1.58. The Labute approximate surface area is 150 Å². The molecule has 1 fully saturated rings. The number of hydrogen-bond donors (Lipinski definition) is 1. The number of amides is 1. The molecule has 1 aliphatic heterocycles. The molecule has 1 amide bonds. The highest BCUT2D eigenvalue weighted by Crippen LogP contribution is 2.28. The van der Waals surface area contributed by atoms with Gasteiger partial charge in [0, 0.05) is 25.2 Å². The third kappa shape index (κ3) is 2.83. The minimum atomic E-state index is -0.455. The Hall–Kier alpha value is -3.15. The molecular formula is C20H19N3O3. The van der Waals surface area contributed by atoms with Crippen molar-refractivity contribution in [3.8, 4) is 0 Å². The van der Waals surface area contributed by atoms with Gasteiger partial charge in [0.05, 0.1) is 23.7 Å². The van der Waals surface area contributed by atoms with E-state index in [1.165, 1.54) is 18.9 Å². The van der Waals surface area contributed by atoms with E-state index in [1.807, 2.05) is 23.1 Å². The van der Waals surface area contributed by atoms with E-state index in [0.717, 1.165) is 6.42 Å². The van der Waals surface area contributed by atoms with Gasteiger partial charge in [-0.1, -0.05) is 30.3 Å². The summed E-state index contributed by atoms with van der Waals surface area (Å²) >= 11 is 0.